The number of nitrogens with one attached hydrogen (secondary N) is 2. The van der Waals surface area contributed by atoms with E-state index >= 15 is 0 Å². The molecule has 3 rings (SSSR count). The Bertz CT molecular complexity index is 914. The van der Waals surface area contributed by atoms with Crippen molar-refractivity contribution in [2.45, 2.75) is 4.90 Å². The molecule has 11 heteroatoms. The smallest absolute Gasteiger partial charge is 0.283 e. The van der Waals surface area contributed by atoms with Crippen LogP contribution in [-0.2, 0) is 10.0 Å². The molecule has 0 aliphatic heterocycles. The standard InChI is InChI=1S/C12H11N7O3S/c13-23(20,21)10-4-1-8(2-5-10)11-6-3-9(22-11)7-14-15-12-16-18-19-17-12/h1-7H,(H2,13,20,21)(H2,15,16,17,18,19)/b14-7+. The maximum absolute atomic E-state index is 11.2. The average Bonchev–Trinajstić information content (AvgIpc) is 3.18. The highest BCUT2D eigenvalue weighted by atomic mass is 32.2. The molecular weight excluding hydrogens is 322 g/mol. The minimum Gasteiger partial charge on any atom is -0.455 e. The van der Waals surface area contributed by atoms with E-state index in [1.54, 1.807) is 24.3 Å². The lowest BCUT2D eigenvalue weighted by Gasteiger charge is -2.00. The second-order valence-corrected chi connectivity index (χ2v) is 5.94. The molecule has 0 amide bonds. The van der Waals surface area contributed by atoms with Gasteiger partial charge in [0, 0.05) is 5.56 Å². The Morgan fingerprint density at radius 3 is 2.65 bits per heavy atom. The first kappa shape index (κ1) is 14.9. The van der Waals surface area contributed by atoms with Gasteiger partial charge in [-0.2, -0.15) is 10.3 Å². The second-order valence-electron chi connectivity index (χ2n) is 4.38. The van der Waals surface area contributed by atoms with Gasteiger partial charge in [-0.25, -0.2) is 19.0 Å². The monoisotopic (exact) mass is 333 g/mol. The zero-order chi connectivity index (χ0) is 16.3. The lowest BCUT2D eigenvalue weighted by Crippen LogP contribution is -2.11. The van der Waals surface area contributed by atoms with Crippen LogP contribution in [0.1, 0.15) is 5.76 Å². The van der Waals surface area contributed by atoms with Gasteiger partial charge in [-0.1, -0.05) is 5.10 Å². The molecule has 0 saturated heterocycles. The zero-order valence-corrected chi connectivity index (χ0v) is 12.4. The highest BCUT2D eigenvalue weighted by Crippen LogP contribution is 2.22. The first-order valence-electron chi connectivity index (χ1n) is 6.28. The van der Waals surface area contributed by atoms with Gasteiger partial charge in [0.25, 0.3) is 5.95 Å². The fourth-order valence-corrected chi connectivity index (χ4v) is 2.26. The first-order chi connectivity index (χ1) is 11.0. The second kappa shape index (κ2) is 5.98. The molecule has 3 aromatic rings. The number of nitrogens with two attached hydrogens (primary N) is 1. The fourth-order valence-electron chi connectivity index (χ4n) is 1.75. The van der Waals surface area contributed by atoms with Gasteiger partial charge >= 0.3 is 0 Å². The van der Waals surface area contributed by atoms with Gasteiger partial charge in [0.1, 0.15) is 11.5 Å². The predicted octanol–water partition coefficient (Wildman–Crippen LogP) is 0.553. The highest BCUT2D eigenvalue weighted by Gasteiger charge is 2.09. The molecule has 2 aromatic heterocycles. The van der Waals surface area contributed by atoms with Crippen LogP contribution in [0.3, 0.4) is 0 Å². The molecule has 0 saturated carbocycles. The van der Waals surface area contributed by atoms with Gasteiger partial charge in [0.05, 0.1) is 11.1 Å². The maximum Gasteiger partial charge on any atom is 0.283 e. The number of benzene rings is 1. The van der Waals surface area contributed by atoms with Crippen LogP contribution >= 0.6 is 0 Å². The van der Waals surface area contributed by atoms with Gasteiger partial charge in [0.2, 0.25) is 10.0 Å². The third-order valence-electron chi connectivity index (χ3n) is 2.80. The average molecular weight is 333 g/mol. The Morgan fingerprint density at radius 1 is 1.22 bits per heavy atom. The van der Waals surface area contributed by atoms with Crippen molar-refractivity contribution < 1.29 is 12.8 Å². The van der Waals surface area contributed by atoms with Crippen LogP contribution in [0.4, 0.5) is 5.95 Å². The molecule has 23 heavy (non-hydrogen) atoms. The number of rotatable bonds is 5. The van der Waals surface area contributed by atoms with Crippen molar-refractivity contribution in [3.05, 3.63) is 42.2 Å². The van der Waals surface area contributed by atoms with Crippen LogP contribution in [0.5, 0.6) is 0 Å². The van der Waals surface area contributed by atoms with E-state index in [-0.39, 0.29) is 10.8 Å². The molecule has 118 valence electrons. The number of aromatic nitrogens is 4. The molecule has 0 radical (unpaired) electrons. The third kappa shape index (κ3) is 3.59. The number of primary sulfonamides is 1. The predicted molar refractivity (Wildman–Crippen MR) is 80.9 cm³/mol. The van der Waals surface area contributed by atoms with Crippen LogP contribution in [-0.4, -0.2) is 35.3 Å². The van der Waals surface area contributed by atoms with Crippen LogP contribution < -0.4 is 10.6 Å². The van der Waals surface area contributed by atoms with Crippen molar-refractivity contribution in [3.8, 4) is 11.3 Å². The number of H-pyrrole nitrogens is 1. The number of sulfonamides is 1. The van der Waals surface area contributed by atoms with Crippen LogP contribution in [0.15, 0.2) is 50.8 Å². The van der Waals surface area contributed by atoms with Crippen LogP contribution in [0, 0.1) is 0 Å². The van der Waals surface area contributed by atoms with Crippen molar-refractivity contribution in [2.24, 2.45) is 10.2 Å². The zero-order valence-electron chi connectivity index (χ0n) is 11.5. The van der Waals surface area contributed by atoms with E-state index in [4.69, 9.17) is 9.56 Å². The largest absolute Gasteiger partial charge is 0.455 e. The number of hydrogen-bond donors (Lipinski definition) is 3. The van der Waals surface area contributed by atoms with E-state index < -0.39 is 10.0 Å². The number of furan rings is 1. The molecule has 0 atom stereocenters. The SMILES string of the molecule is NS(=O)(=O)c1ccc(-c2ccc(/C=N/Nc3nn[nH]n3)o2)cc1. The Morgan fingerprint density at radius 2 is 2.00 bits per heavy atom. The van der Waals surface area contributed by atoms with Gasteiger partial charge in [-0.3, -0.25) is 0 Å². The van der Waals surface area contributed by atoms with Crippen molar-refractivity contribution in [1.29, 1.82) is 0 Å². The maximum atomic E-state index is 11.2. The highest BCUT2D eigenvalue weighted by molar-refractivity contribution is 7.89. The summed E-state index contributed by atoms with van der Waals surface area (Å²) in [4.78, 5) is 0.0407. The van der Waals surface area contributed by atoms with E-state index in [2.05, 4.69) is 31.2 Å². The normalized spacial score (nSPS) is 11.9. The summed E-state index contributed by atoms with van der Waals surface area (Å²) in [6, 6.07) is 9.50. The summed E-state index contributed by atoms with van der Waals surface area (Å²) in [5, 5.41) is 21.9. The molecule has 0 fully saturated rings. The number of nitrogens with zero attached hydrogens (tertiary/aromatic N) is 4. The number of hydrazone groups is 1. The number of hydrogen-bond acceptors (Lipinski definition) is 8. The molecule has 0 bridgehead atoms. The third-order valence-corrected chi connectivity index (χ3v) is 3.73. The van der Waals surface area contributed by atoms with Gasteiger partial charge < -0.3 is 4.42 Å². The summed E-state index contributed by atoms with van der Waals surface area (Å²) in [5.74, 6) is 1.28. The molecule has 10 nitrogen and oxygen atoms in total. The summed E-state index contributed by atoms with van der Waals surface area (Å²) >= 11 is 0. The van der Waals surface area contributed by atoms with Gasteiger partial charge in [-0.05, 0) is 41.6 Å². The number of tetrazole rings is 1. The molecule has 0 aliphatic carbocycles. The van der Waals surface area contributed by atoms with E-state index in [0.717, 1.165) is 0 Å². The van der Waals surface area contributed by atoms with Crippen molar-refractivity contribution in [2.75, 3.05) is 5.43 Å². The molecule has 0 aliphatic rings. The quantitative estimate of drug-likeness (QED) is 0.455. The summed E-state index contributed by atoms with van der Waals surface area (Å²) in [7, 11) is -3.71. The van der Waals surface area contributed by atoms with Crippen molar-refractivity contribution in [1.82, 2.24) is 20.6 Å². The number of aromatic amines is 1. The van der Waals surface area contributed by atoms with Gasteiger partial charge in [0.15, 0.2) is 0 Å². The van der Waals surface area contributed by atoms with E-state index in [1.165, 1.54) is 18.3 Å². The Labute approximate surface area is 130 Å². The van der Waals surface area contributed by atoms with Crippen molar-refractivity contribution >= 4 is 22.2 Å². The van der Waals surface area contributed by atoms with E-state index in [9.17, 15) is 8.42 Å². The molecule has 1 aromatic carbocycles. The molecule has 0 spiro atoms. The minimum atomic E-state index is -3.71. The molecule has 0 unspecified atom stereocenters. The summed E-state index contributed by atoms with van der Waals surface area (Å²) < 4.78 is 28.0. The Balaban J connectivity index is 1.72. The lowest BCUT2D eigenvalue weighted by atomic mass is 10.2. The summed E-state index contributed by atoms with van der Waals surface area (Å²) in [6.45, 7) is 0. The van der Waals surface area contributed by atoms with Crippen LogP contribution in [0.25, 0.3) is 11.3 Å². The summed E-state index contributed by atoms with van der Waals surface area (Å²) in [5.41, 5.74) is 3.27. The Kier molecular flexibility index (Phi) is 3.87. The topological polar surface area (TPSA) is 152 Å². The molecule has 4 N–H and O–H groups in total. The Hall–Kier alpha value is -3.05. The van der Waals surface area contributed by atoms with Crippen LogP contribution in [0.2, 0.25) is 0 Å². The number of anilines is 1. The van der Waals surface area contributed by atoms with E-state index in [1.807, 2.05) is 0 Å². The first-order valence-corrected chi connectivity index (χ1v) is 7.82. The fraction of sp³-hybridized carbons (Fsp3) is 0. The molecule has 2 heterocycles. The summed E-state index contributed by atoms with van der Waals surface area (Å²) in [6.07, 6.45) is 1.44. The minimum absolute atomic E-state index is 0.0407. The van der Waals surface area contributed by atoms with E-state index in [0.29, 0.717) is 17.1 Å². The lowest BCUT2D eigenvalue weighted by molar-refractivity contribution is 0.575. The van der Waals surface area contributed by atoms with Gasteiger partial charge in [-0.15, -0.1) is 5.10 Å². The van der Waals surface area contributed by atoms with Crippen molar-refractivity contribution in [3.63, 3.8) is 0 Å². The molecular formula is C12H11N7O3S.